The van der Waals surface area contributed by atoms with Crippen molar-refractivity contribution in [3.05, 3.63) is 53.1 Å². The van der Waals surface area contributed by atoms with Gasteiger partial charge in [-0.3, -0.25) is 4.79 Å². The summed E-state index contributed by atoms with van der Waals surface area (Å²) in [5.41, 5.74) is 1.18. The van der Waals surface area contributed by atoms with Gasteiger partial charge in [-0.2, -0.15) is 0 Å². The largest absolute Gasteiger partial charge is 1.00 e. The van der Waals surface area contributed by atoms with Crippen LogP contribution in [0, 0.1) is 5.92 Å². The van der Waals surface area contributed by atoms with Gasteiger partial charge in [-0.15, -0.1) is 0 Å². The number of phenols is 1. The first kappa shape index (κ1) is 31.1. The van der Waals surface area contributed by atoms with Crippen molar-refractivity contribution in [2.24, 2.45) is 5.92 Å². The Kier molecular flexibility index (Phi) is 12.4. The van der Waals surface area contributed by atoms with Gasteiger partial charge in [-0.25, -0.2) is 8.42 Å². The van der Waals surface area contributed by atoms with Crippen LogP contribution in [0.25, 0.3) is 0 Å². The molecule has 186 valence electrons. The standard InChI is InChI=1S/C25H32O8S.Na/c1-4-6-21-22(12-11-20(17(3)26)25(21)30)33-13-5-14-34(31,32)19-9-7-18(8-10-19)24(29)16(2)15-23(27)28;/h7-12,16,24,29-30H,4-6,13-15H2,1-3H3,(H,27,28);/q;+1/p-1. The molecule has 0 amide bonds. The SMILES string of the molecule is CCCc1c(OCCCS(=O)(=O)c2ccc(C(O)C(C)CC(=O)[O-])cc2)ccc(C(C)=O)c1O.[Na+]. The molecule has 35 heavy (non-hydrogen) atoms. The summed E-state index contributed by atoms with van der Waals surface area (Å²) < 4.78 is 31.1. The third kappa shape index (κ3) is 8.61. The number of hydrogen-bond acceptors (Lipinski definition) is 8. The Morgan fingerprint density at radius 3 is 2.29 bits per heavy atom. The van der Waals surface area contributed by atoms with E-state index in [1.54, 1.807) is 13.0 Å². The van der Waals surface area contributed by atoms with Gasteiger partial charge in [0.1, 0.15) is 11.5 Å². The Bertz CT molecular complexity index is 1110. The number of carboxylic acids is 1. The minimum atomic E-state index is -3.60. The van der Waals surface area contributed by atoms with Crippen molar-refractivity contribution in [2.45, 2.75) is 57.5 Å². The second-order valence-electron chi connectivity index (χ2n) is 8.33. The van der Waals surface area contributed by atoms with Crippen LogP contribution in [-0.2, 0) is 21.1 Å². The molecule has 2 N–H and O–H groups in total. The van der Waals surface area contributed by atoms with Gasteiger partial charge in [-0.1, -0.05) is 32.4 Å². The molecule has 2 rings (SSSR count). The van der Waals surface area contributed by atoms with Crippen molar-refractivity contribution in [2.75, 3.05) is 12.4 Å². The number of carboxylic acid groups (broad SMARTS) is 1. The second kappa shape index (κ2) is 14.0. The first-order chi connectivity index (χ1) is 16.0. The Balaban J connectivity index is 0.00000612. The van der Waals surface area contributed by atoms with Gasteiger partial charge in [-0.05, 0) is 61.9 Å². The molecule has 2 aromatic carbocycles. The molecule has 0 saturated heterocycles. The number of hydrogen-bond donors (Lipinski definition) is 2. The van der Waals surface area contributed by atoms with Crippen molar-refractivity contribution in [1.82, 2.24) is 0 Å². The Labute approximate surface area is 228 Å². The minimum absolute atomic E-state index is 0. The number of aliphatic hydroxyl groups excluding tert-OH is 1. The molecule has 0 saturated carbocycles. The average Bonchev–Trinajstić information content (AvgIpc) is 2.77. The van der Waals surface area contributed by atoms with E-state index in [0.29, 0.717) is 23.3 Å². The summed E-state index contributed by atoms with van der Waals surface area (Å²) in [4.78, 5) is 22.5. The average molecular weight is 515 g/mol. The number of aliphatic carboxylic acids is 1. The van der Waals surface area contributed by atoms with Gasteiger partial charge >= 0.3 is 29.6 Å². The molecule has 2 aromatic rings. The monoisotopic (exact) mass is 514 g/mol. The quantitative estimate of drug-likeness (QED) is 0.209. The van der Waals surface area contributed by atoms with Crippen LogP contribution in [0.1, 0.15) is 67.6 Å². The van der Waals surface area contributed by atoms with E-state index in [9.17, 15) is 33.3 Å². The number of carbonyl (C=O) groups excluding carboxylic acids is 2. The number of rotatable bonds is 13. The Hall–Kier alpha value is -1.91. The Morgan fingerprint density at radius 1 is 1.11 bits per heavy atom. The molecule has 2 unspecified atom stereocenters. The van der Waals surface area contributed by atoms with Crippen molar-refractivity contribution in [3.63, 3.8) is 0 Å². The number of phenolic OH excluding ortho intramolecular Hbond substituents is 1. The summed E-state index contributed by atoms with van der Waals surface area (Å²) in [6.07, 6.45) is 0.0923. The molecule has 0 bridgehead atoms. The predicted octanol–water partition coefficient (Wildman–Crippen LogP) is -0.396. The number of benzene rings is 2. The molecule has 0 aromatic heterocycles. The van der Waals surface area contributed by atoms with Crippen molar-refractivity contribution >= 4 is 21.6 Å². The molecule has 0 aliphatic heterocycles. The zero-order chi connectivity index (χ0) is 25.5. The van der Waals surface area contributed by atoms with E-state index < -0.39 is 27.8 Å². The summed E-state index contributed by atoms with van der Waals surface area (Å²) in [6.45, 7) is 4.98. The van der Waals surface area contributed by atoms with E-state index in [4.69, 9.17) is 4.74 Å². The topological polar surface area (TPSA) is 141 Å². The van der Waals surface area contributed by atoms with Crippen LogP contribution in [0.15, 0.2) is 41.3 Å². The third-order valence-electron chi connectivity index (χ3n) is 5.54. The van der Waals surface area contributed by atoms with E-state index in [-0.39, 0.29) is 76.8 Å². The Morgan fingerprint density at radius 2 is 1.74 bits per heavy atom. The maximum Gasteiger partial charge on any atom is 1.00 e. The van der Waals surface area contributed by atoms with Gasteiger partial charge in [0.2, 0.25) is 0 Å². The van der Waals surface area contributed by atoms with E-state index >= 15 is 0 Å². The van der Waals surface area contributed by atoms with Crippen LogP contribution in [0.4, 0.5) is 0 Å². The van der Waals surface area contributed by atoms with Crippen LogP contribution in [0.2, 0.25) is 0 Å². The smallest absolute Gasteiger partial charge is 0.550 e. The maximum atomic E-state index is 12.7. The number of ether oxygens (including phenoxy) is 1. The normalized spacial score (nSPS) is 12.9. The van der Waals surface area contributed by atoms with Crippen molar-refractivity contribution in [3.8, 4) is 11.5 Å². The molecule has 10 heteroatoms. The van der Waals surface area contributed by atoms with Crippen LogP contribution in [-0.4, -0.2) is 42.7 Å². The summed E-state index contributed by atoms with van der Waals surface area (Å²) in [5.74, 6) is -1.94. The van der Waals surface area contributed by atoms with Crippen molar-refractivity contribution < 1.29 is 67.6 Å². The summed E-state index contributed by atoms with van der Waals surface area (Å²) in [7, 11) is -3.60. The fourth-order valence-corrected chi connectivity index (χ4v) is 4.94. The molecule has 0 aliphatic carbocycles. The molecule has 0 spiro atoms. The second-order valence-corrected chi connectivity index (χ2v) is 10.4. The first-order valence-electron chi connectivity index (χ1n) is 11.2. The predicted molar refractivity (Wildman–Crippen MR) is 124 cm³/mol. The number of carbonyl (C=O) groups is 2. The van der Waals surface area contributed by atoms with E-state index in [0.717, 1.165) is 6.42 Å². The number of Topliss-reactive ketones (excluding diaryl/α,β-unsaturated/α-hetero) is 1. The fraction of sp³-hybridized carbons (Fsp3) is 0.440. The van der Waals surface area contributed by atoms with E-state index in [1.807, 2.05) is 6.92 Å². The first-order valence-corrected chi connectivity index (χ1v) is 12.8. The van der Waals surface area contributed by atoms with Gasteiger partial charge in [0.15, 0.2) is 15.6 Å². The molecule has 2 atom stereocenters. The number of sulfone groups is 1. The zero-order valence-corrected chi connectivity index (χ0v) is 23.4. The minimum Gasteiger partial charge on any atom is -0.550 e. The zero-order valence-electron chi connectivity index (χ0n) is 20.6. The van der Waals surface area contributed by atoms with Gasteiger partial charge in [0, 0.05) is 11.5 Å². The molecule has 0 fully saturated rings. The van der Waals surface area contributed by atoms with Gasteiger partial charge < -0.3 is 24.9 Å². The maximum absolute atomic E-state index is 12.7. The van der Waals surface area contributed by atoms with E-state index in [1.165, 1.54) is 37.3 Å². The third-order valence-corrected chi connectivity index (χ3v) is 7.36. The summed E-state index contributed by atoms with van der Waals surface area (Å²) in [5, 5.41) is 31.4. The molecule has 0 heterocycles. The number of ketones is 1. The van der Waals surface area contributed by atoms with Gasteiger partial charge in [0.05, 0.1) is 28.9 Å². The van der Waals surface area contributed by atoms with Crippen LogP contribution < -0.4 is 39.4 Å². The van der Waals surface area contributed by atoms with Crippen LogP contribution in [0.5, 0.6) is 11.5 Å². The van der Waals surface area contributed by atoms with Crippen LogP contribution in [0.3, 0.4) is 0 Å². The molecular formula is C25H31NaO8S. The molecule has 8 nitrogen and oxygen atoms in total. The summed E-state index contributed by atoms with van der Waals surface area (Å²) >= 11 is 0. The number of aliphatic hydroxyl groups is 1. The fourth-order valence-electron chi connectivity index (χ4n) is 3.65. The van der Waals surface area contributed by atoms with Crippen LogP contribution >= 0.6 is 0 Å². The molecular weight excluding hydrogens is 483 g/mol. The molecule has 0 radical (unpaired) electrons. The van der Waals surface area contributed by atoms with Gasteiger partial charge in [0.25, 0.3) is 0 Å². The van der Waals surface area contributed by atoms with E-state index in [2.05, 4.69) is 0 Å². The summed E-state index contributed by atoms with van der Waals surface area (Å²) in [6, 6.07) is 8.82. The van der Waals surface area contributed by atoms with Crippen molar-refractivity contribution in [1.29, 1.82) is 0 Å². The number of aromatic hydroxyl groups is 1. The molecule has 0 aliphatic rings.